The molecule has 8 nitrogen and oxygen atoms in total. The molecule has 1 aliphatic rings. The van der Waals surface area contributed by atoms with Crippen LogP contribution in [0.2, 0.25) is 0 Å². The van der Waals surface area contributed by atoms with Gasteiger partial charge in [-0.2, -0.15) is 0 Å². The number of aromatic carboxylic acids is 1. The van der Waals surface area contributed by atoms with Crippen molar-refractivity contribution in [1.29, 1.82) is 0 Å². The maximum atomic E-state index is 12.9. The van der Waals surface area contributed by atoms with E-state index in [0.717, 1.165) is 11.1 Å². The number of thiocarbonyl (C=S) groups is 1. The fraction of sp³-hybridized carbons (Fsp3) is 0.154. The van der Waals surface area contributed by atoms with Crippen LogP contribution < -0.4 is 14.8 Å². The number of methoxy groups -OCH3 is 1. The quantitative estimate of drug-likeness (QED) is 0.226. The lowest BCUT2D eigenvalue weighted by Gasteiger charge is -2.27. The topological polar surface area (TPSA) is 105 Å². The number of amides is 2. The number of nitrogens with one attached hydrogen (secondary N) is 1. The lowest BCUT2D eigenvalue weighted by molar-refractivity contribution is -0.128. The second-order valence-electron chi connectivity index (χ2n) is 7.52. The van der Waals surface area contributed by atoms with E-state index in [1.54, 1.807) is 30.3 Å². The van der Waals surface area contributed by atoms with Crippen molar-refractivity contribution in [3.05, 3.63) is 89.5 Å². The number of nitrogens with zero attached hydrogens (tertiary/aromatic N) is 1. The first kappa shape index (κ1) is 25.4. The number of carbonyl (C=O) groups is 3. The summed E-state index contributed by atoms with van der Waals surface area (Å²) in [6.45, 7) is 7.75. The first-order valence-electron chi connectivity index (χ1n) is 10.6. The Morgan fingerprint density at radius 3 is 2.49 bits per heavy atom. The standard InChI is InChI=1S/C26H24N2O6S/c1-4-6-19-12-17(13-20-23(29)27-26(35)28(11-5-2)24(20)30)14-21(33-3)22(19)34-15-16-7-9-18(10-8-16)25(31)32/h4-5,7-10,12-14H,1-2,6,11,15H2,3H3,(H,31,32)(H,27,29,35)/b20-13+. The van der Waals surface area contributed by atoms with Crippen LogP contribution >= 0.6 is 12.2 Å². The van der Waals surface area contributed by atoms with E-state index in [2.05, 4.69) is 18.5 Å². The molecule has 35 heavy (non-hydrogen) atoms. The van der Waals surface area contributed by atoms with Crippen molar-refractivity contribution in [2.24, 2.45) is 0 Å². The Balaban J connectivity index is 1.94. The van der Waals surface area contributed by atoms with Gasteiger partial charge in [-0.05, 0) is 60.1 Å². The Bertz CT molecular complexity index is 1230. The Labute approximate surface area is 208 Å². The lowest BCUT2D eigenvalue weighted by Crippen LogP contribution is -2.53. The minimum absolute atomic E-state index is 0.0297. The van der Waals surface area contributed by atoms with Crippen LogP contribution in [0.4, 0.5) is 0 Å². The molecule has 0 bridgehead atoms. The molecule has 1 fully saturated rings. The summed E-state index contributed by atoms with van der Waals surface area (Å²) in [6.07, 6.45) is 5.13. The normalized spacial score (nSPS) is 14.5. The summed E-state index contributed by atoms with van der Waals surface area (Å²) in [5.74, 6) is -1.23. The van der Waals surface area contributed by atoms with Gasteiger partial charge in [0.15, 0.2) is 16.6 Å². The van der Waals surface area contributed by atoms with Crippen molar-refractivity contribution < 1.29 is 29.0 Å². The molecule has 1 saturated heterocycles. The summed E-state index contributed by atoms with van der Waals surface area (Å²) in [7, 11) is 1.49. The van der Waals surface area contributed by atoms with Gasteiger partial charge in [-0.25, -0.2) is 4.79 Å². The highest BCUT2D eigenvalue weighted by molar-refractivity contribution is 7.80. The number of ether oxygens (including phenoxy) is 2. The van der Waals surface area contributed by atoms with Gasteiger partial charge in [0.25, 0.3) is 11.8 Å². The third kappa shape index (κ3) is 5.82. The summed E-state index contributed by atoms with van der Waals surface area (Å²) in [5.41, 5.74) is 2.18. The number of carboxylic acids is 1. The number of rotatable bonds is 10. The fourth-order valence-electron chi connectivity index (χ4n) is 3.44. The van der Waals surface area contributed by atoms with E-state index >= 15 is 0 Å². The Morgan fingerprint density at radius 2 is 1.89 bits per heavy atom. The summed E-state index contributed by atoms with van der Waals surface area (Å²) in [6, 6.07) is 9.81. The molecule has 0 saturated carbocycles. The minimum atomic E-state index is -1.00. The van der Waals surface area contributed by atoms with Crippen LogP contribution in [0.15, 0.2) is 67.3 Å². The predicted octanol–water partition coefficient (Wildman–Crippen LogP) is 3.51. The number of carboxylic acid groups (broad SMARTS) is 1. The van der Waals surface area contributed by atoms with Gasteiger partial charge < -0.3 is 14.6 Å². The first-order chi connectivity index (χ1) is 16.8. The van der Waals surface area contributed by atoms with Crippen LogP contribution in [0.1, 0.15) is 27.0 Å². The molecule has 180 valence electrons. The zero-order valence-corrected chi connectivity index (χ0v) is 19.9. The van der Waals surface area contributed by atoms with Gasteiger partial charge in [-0.3, -0.25) is 19.8 Å². The van der Waals surface area contributed by atoms with Gasteiger partial charge >= 0.3 is 5.97 Å². The van der Waals surface area contributed by atoms with Crippen LogP contribution in [0, 0.1) is 0 Å². The smallest absolute Gasteiger partial charge is 0.335 e. The van der Waals surface area contributed by atoms with E-state index in [-0.39, 0.29) is 29.4 Å². The van der Waals surface area contributed by atoms with E-state index < -0.39 is 17.8 Å². The average Bonchev–Trinajstić information content (AvgIpc) is 2.83. The summed E-state index contributed by atoms with van der Waals surface area (Å²) in [4.78, 5) is 37.6. The van der Waals surface area contributed by atoms with Crippen LogP contribution in [-0.2, 0) is 22.6 Å². The second-order valence-corrected chi connectivity index (χ2v) is 7.90. The van der Waals surface area contributed by atoms with Crippen LogP contribution in [0.3, 0.4) is 0 Å². The molecule has 1 aliphatic heterocycles. The zero-order chi connectivity index (χ0) is 25.5. The van der Waals surface area contributed by atoms with Crippen LogP contribution in [-0.4, -0.2) is 46.6 Å². The van der Waals surface area contributed by atoms with Crippen molar-refractivity contribution >= 4 is 41.2 Å². The molecule has 0 aliphatic carbocycles. The van der Waals surface area contributed by atoms with E-state index in [1.165, 1.54) is 36.3 Å². The SMILES string of the molecule is C=CCc1cc(/C=C2\C(=O)NC(=S)N(CC=C)C2=O)cc(OC)c1OCc1ccc(C(=O)O)cc1. The van der Waals surface area contributed by atoms with Gasteiger partial charge in [0.05, 0.1) is 12.7 Å². The molecule has 0 radical (unpaired) electrons. The Kier molecular flexibility index (Phi) is 8.17. The number of carbonyl (C=O) groups excluding carboxylic acids is 2. The van der Waals surface area contributed by atoms with Crippen molar-refractivity contribution in [2.75, 3.05) is 13.7 Å². The van der Waals surface area contributed by atoms with Crippen LogP contribution in [0.5, 0.6) is 11.5 Å². The molecule has 2 aromatic carbocycles. The van der Waals surface area contributed by atoms with Crippen molar-refractivity contribution in [1.82, 2.24) is 10.2 Å². The van der Waals surface area contributed by atoms with Crippen LogP contribution in [0.25, 0.3) is 6.08 Å². The molecule has 3 rings (SSSR count). The molecule has 2 amide bonds. The third-order valence-corrected chi connectivity index (χ3v) is 5.45. The van der Waals surface area contributed by atoms with Gasteiger partial charge in [-0.15, -0.1) is 13.2 Å². The molecule has 9 heteroatoms. The highest BCUT2D eigenvalue weighted by Gasteiger charge is 2.32. The van der Waals surface area contributed by atoms with Crippen molar-refractivity contribution in [3.63, 3.8) is 0 Å². The van der Waals surface area contributed by atoms with E-state index in [4.69, 9.17) is 26.8 Å². The van der Waals surface area contributed by atoms with Crippen molar-refractivity contribution in [2.45, 2.75) is 13.0 Å². The van der Waals surface area contributed by atoms with Gasteiger partial charge in [0.2, 0.25) is 0 Å². The highest BCUT2D eigenvalue weighted by atomic mass is 32.1. The predicted molar refractivity (Wildman–Crippen MR) is 135 cm³/mol. The van der Waals surface area contributed by atoms with E-state index in [9.17, 15) is 14.4 Å². The Morgan fingerprint density at radius 1 is 1.17 bits per heavy atom. The summed E-state index contributed by atoms with van der Waals surface area (Å²) in [5, 5.41) is 11.6. The number of benzene rings is 2. The first-order valence-corrected chi connectivity index (χ1v) is 11.0. The number of hydrogen-bond acceptors (Lipinski definition) is 6. The summed E-state index contributed by atoms with van der Waals surface area (Å²) >= 11 is 5.09. The molecule has 2 aromatic rings. The maximum Gasteiger partial charge on any atom is 0.335 e. The maximum absolute atomic E-state index is 12.9. The summed E-state index contributed by atoms with van der Waals surface area (Å²) < 4.78 is 11.6. The third-order valence-electron chi connectivity index (χ3n) is 5.13. The number of allylic oxidation sites excluding steroid dienone is 1. The van der Waals surface area contributed by atoms with Crippen molar-refractivity contribution in [3.8, 4) is 11.5 Å². The Hall–Kier alpha value is -4.24. The number of hydrogen-bond donors (Lipinski definition) is 2. The largest absolute Gasteiger partial charge is 0.493 e. The lowest BCUT2D eigenvalue weighted by atomic mass is 10.0. The van der Waals surface area contributed by atoms with Gasteiger partial charge in [0.1, 0.15) is 12.2 Å². The molecular formula is C26H24N2O6S. The van der Waals surface area contributed by atoms with E-state index in [1.807, 2.05) is 0 Å². The molecule has 0 spiro atoms. The zero-order valence-electron chi connectivity index (χ0n) is 19.1. The second kappa shape index (κ2) is 11.3. The molecule has 0 unspecified atom stereocenters. The molecule has 0 aromatic heterocycles. The fourth-order valence-corrected chi connectivity index (χ4v) is 3.69. The average molecular weight is 493 g/mol. The van der Waals surface area contributed by atoms with Gasteiger partial charge in [-0.1, -0.05) is 24.3 Å². The highest BCUT2D eigenvalue weighted by Crippen LogP contribution is 2.35. The van der Waals surface area contributed by atoms with Gasteiger partial charge in [0, 0.05) is 12.1 Å². The monoisotopic (exact) mass is 492 g/mol. The van der Waals surface area contributed by atoms with E-state index in [0.29, 0.717) is 23.5 Å². The minimum Gasteiger partial charge on any atom is -0.493 e. The molecule has 0 atom stereocenters. The molecular weight excluding hydrogens is 468 g/mol. The molecule has 1 heterocycles. The molecule has 2 N–H and O–H groups in total.